The van der Waals surface area contributed by atoms with Gasteiger partial charge in [-0.25, -0.2) is 4.98 Å². The van der Waals surface area contributed by atoms with Crippen LogP contribution in [0.25, 0.3) is 10.9 Å². The molecule has 0 bridgehead atoms. The van der Waals surface area contributed by atoms with Crippen LogP contribution in [0.2, 0.25) is 0 Å². The summed E-state index contributed by atoms with van der Waals surface area (Å²) in [7, 11) is 0. The number of fused-ring (bicyclic) bond motifs is 1. The number of rotatable bonds is 3. The fourth-order valence-electron chi connectivity index (χ4n) is 2.07. The smallest absolute Gasteiger partial charge is 0.150 e. The number of hydrogen-bond acceptors (Lipinski definition) is 3. The van der Waals surface area contributed by atoms with Crippen molar-refractivity contribution in [3.63, 3.8) is 0 Å². The Labute approximate surface area is 109 Å². The van der Waals surface area contributed by atoms with Crippen molar-refractivity contribution in [3.05, 3.63) is 52.1 Å². The topological polar surface area (TPSA) is 34.9 Å². The molecule has 3 rings (SSSR count). The molecule has 0 amide bonds. The predicted octanol–water partition coefficient (Wildman–Crippen LogP) is 3.27. The third-order valence-corrected chi connectivity index (χ3v) is 3.76. The van der Waals surface area contributed by atoms with Crippen LogP contribution in [0.1, 0.15) is 21.1 Å². The lowest BCUT2D eigenvalue weighted by atomic mass is 10.2. The standard InChI is InChI=1S/C14H12N2OS/c1-10-15-13(9-18-10)7-16-5-4-12-3-2-11(8-17)6-14(12)16/h2-6,8-9H,7H2,1H3. The number of carbonyl (C=O) groups excluding carboxylic acids is 1. The second kappa shape index (κ2) is 4.38. The molecule has 0 fully saturated rings. The average molecular weight is 256 g/mol. The SMILES string of the molecule is Cc1nc(Cn2ccc3ccc(C=O)cc32)cs1. The maximum atomic E-state index is 10.8. The predicted molar refractivity (Wildman–Crippen MR) is 73.3 cm³/mol. The van der Waals surface area contributed by atoms with Crippen LogP contribution in [0, 0.1) is 6.92 Å². The molecule has 0 unspecified atom stereocenters. The van der Waals surface area contributed by atoms with E-state index in [9.17, 15) is 4.79 Å². The molecule has 2 aromatic heterocycles. The van der Waals surface area contributed by atoms with Gasteiger partial charge in [0.1, 0.15) is 6.29 Å². The van der Waals surface area contributed by atoms with E-state index in [1.54, 1.807) is 11.3 Å². The second-order valence-electron chi connectivity index (χ2n) is 4.24. The molecule has 3 nitrogen and oxygen atoms in total. The molecule has 0 N–H and O–H groups in total. The Morgan fingerprint density at radius 3 is 3.00 bits per heavy atom. The van der Waals surface area contributed by atoms with Crippen LogP contribution < -0.4 is 0 Å². The van der Waals surface area contributed by atoms with Gasteiger partial charge in [-0.3, -0.25) is 4.79 Å². The van der Waals surface area contributed by atoms with Crippen LogP contribution in [0.15, 0.2) is 35.8 Å². The Kier molecular flexibility index (Phi) is 2.72. The van der Waals surface area contributed by atoms with E-state index in [2.05, 4.69) is 21.0 Å². The van der Waals surface area contributed by atoms with Crippen LogP contribution in [-0.2, 0) is 6.54 Å². The van der Waals surface area contributed by atoms with Crippen molar-refractivity contribution < 1.29 is 4.79 Å². The molecule has 0 saturated heterocycles. The zero-order chi connectivity index (χ0) is 12.5. The van der Waals surface area contributed by atoms with E-state index in [1.165, 1.54) is 0 Å². The molecule has 2 heterocycles. The molecular weight excluding hydrogens is 244 g/mol. The minimum absolute atomic E-state index is 0.705. The lowest BCUT2D eigenvalue weighted by molar-refractivity contribution is 0.112. The van der Waals surface area contributed by atoms with Crippen molar-refractivity contribution in [1.82, 2.24) is 9.55 Å². The molecule has 18 heavy (non-hydrogen) atoms. The zero-order valence-corrected chi connectivity index (χ0v) is 10.8. The fourth-order valence-corrected chi connectivity index (χ4v) is 2.67. The van der Waals surface area contributed by atoms with Crippen LogP contribution in [0.4, 0.5) is 0 Å². The van der Waals surface area contributed by atoms with Crippen LogP contribution in [0.3, 0.4) is 0 Å². The van der Waals surface area contributed by atoms with E-state index < -0.39 is 0 Å². The first-order valence-corrected chi connectivity index (χ1v) is 6.59. The highest BCUT2D eigenvalue weighted by atomic mass is 32.1. The van der Waals surface area contributed by atoms with Gasteiger partial charge in [-0.1, -0.05) is 12.1 Å². The summed E-state index contributed by atoms with van der Waals surface area (Å²) in [5.74, 6) is 0. The molecule has 0 saturated carbocycles. The number of benzene rings is 1. The summed E-state index contributed by atoms with van der Waals surface area (Å²) in [6.07, 6.45) is 2.91. The number of nitrogens with zero attached hydrogens (tertiary/aromatic N) is 2. The lowest BCUT2D eigenvalue weighted by Gasteiger charge is -2.03. The highest BCUT2D eigenvalue weighted by molar-refractivity contribution is 7.09. The number of hydrogen-bond donors (Lipinski definition) is 0. The third-order valence-electron chi connectivity index (χ3n) is 2.93. The maximum absolute atomic E-state index is 10.8. The largest absolute Gasteiger partial charge is 0.341 e. The molecule has 90 valence electrons. The normalized spacial score (nSPS) is 10.9. The summed E-state index contributed by atoms with van der Waals surface area (Å²) in [6, 6.07) is 7.79. The van der Waals surface area contributed by atoms with E-state index in [0.29, 0.717) is 5.56 Å². The van der Waals surface area contributed by atoms with E-state index in [1.807, 2.05) is 31.3 Å². The maximum Gasteiger partial charge on any atom is 0.150 e. The number of aromatic nitrogens is 2. The van der Waals surface area contributed by atoms with Gasteiger partial charge < -0.3 is 4.57 Å². The summed E-state index contributed by atoms with van der Waals surface area (Å²) in [5.41, 5.74) is 2.84. The highest BCUT2D eigenvalue weighted by Gasteiger charge is 2.05. The van der Waals surface area contributed by atoms with E-state index >= 15 is 0 Å². The quantitative estimate of drug-likeness (QED) is 0.674. The number of aldehydes is 1. The van der Waals surface area contributed by atoms with Gasteiger partial charge in [0, 0.05) is 22.7 Å². The number of aryl methyl sites for hydroxylation is 1. The van der Waals surface area contributed by atoms with Crippen molar-refractivity contribution >= 4 is 28.5 Å². The molecular formula is C14H12N2OS. The first-order chi connectivity index (χ1) is 8.76. The van der Waals surface area contributed by atoms with Gasteiger partial charge in [-0.2, -0.15) is 0 Å². The van der Waals surface area contributed by atoms with Gasteiger partial charge in [0.25, 0.3) is 0 Å². The first-order valence-electron chi connectivity index (χ1n) is 5.71. The van der Waals surface area contributed by atoms with E-state index in [0.717, 1.165) is 34.4 Å². The Morgan fingerprint density at radius 1 is 1.39 bits per heavy atom. The Hall–Kier alpha value is -1.94. The lowest BCUT2D eigenvalue weighted by Crippen LogP contribution is -1.98. The molecule has 0 radical (unpaired) electrons. The van der Waals surface area contributed by atoms with Crippen molar-refractivity contribution in [2.75, 3.05) is 0 Å². The third kappa shape index (κ3) is 1.95. The monoisotopic (exact) mass is 256 g/mol. The zero-order valence-electron chi connectivity index (χ0n) is 9.96. The van der Waals surface area contributed by atoms with Crippen molar-refractivity contribution in [3.8, 4) is 0 Å². The van der Waals surface area contributed by atoms with Gasteiger partial charge in [-0.15, -0.1) is 11.3 Å². The Morgan fingerprint density at radius 2 is 2.28 bits per heavy atom. The molecule has 4 heteroatoms. The Bertz CT molecular complexity index is 711. The first kappa shape index (κ1) is 11.2. The van der Waals surface area contributed by atoms with Crippen LogP contribution >= 0.6 is 11.3 Å². The summed E-state index contributed by atoms with van der Waals surface area (Å²) in [4.78, 5) is 15.3. The molecule has 1 aromatic carbocycles. The second-order valence-corrected chi connectivity index (χ2v) is 5.30. The summed E-state index contributed by atoms with van der Waals surface area (Å²) < 4.78 is 2.12. The molecule has 0 aliphatic rings. The fraction of sp³-hybridized carbons (Fsp3) is 0.143. The van der Waals surface area contributed by atoms with Gasteiger partial charge >= 0.3 is 0 Å². The highest BCUT2D eigenvalue weighted by Crippen LogP contribution is 2.19. The van der Waals surface area contributed by atoms with Crippen molar-refractivity contribution in [2.45, 2.75) is 13.5 Å². The minimum Gasteiger partial charge on any atom is -0.341 e. The van der Waals surface area contributed by atoms with Gasteiger partial charge in [0.2, 0.25) is 0 Å². The van der Waals surface area contributed by atoms with Gasteiger partial charge in [0.15, 0.2) is 0 Å². The number of thiazole rings is 1. The van der Waals surface area contributed by atoms with Crippen molar-refractivity contribution in [2.24, 2.45) is 0 Å². The van der Waals surface area contributed by atoms with Gasteiger partial charge in [0.05, 0.1) is 17.2 Å². The Balaban J connectivity index is 2.03. The molecule has 0 aliphatic carbocycles. The van der Waals surface area contributed by atoms with E-state index in [4.69, 9.17) is 0 Å². The van der Waals surface area contributed by atoms with Crippen LogP contribution in [-0.4, -0.2) is 15.8 Å². The van der Waals surface area contributed by atoms with Gasteiger partial charge in [-0.05, 0) is 24.4 Å². The summed E-state index contributed by atoms with van der Waals surface area (Å²) >= 11 is 1.66. The number of carbonyl (C=O) groups is 1. The minimum atomic E-state index is 0.705. The van der Waals surface area contributed by atoms with Crippen LogP contribution in [0.5, 0.6) is 0 Å². The van der Waals surface area contributed by atoms with Crippen molar-refractivity contribution in [1.29, 1.82) is 0 Å². The molecule has 0 spiro atoms. The molecule has 0 atom stereocenters. The average Bonchev–Trinajstić information content (AvgIpc) is 2.96. The summed E-state index contributed by atoms with van der Waals surface area (Å²) in [5, 5.41) is 4.30. The molecule has 0 aliphatic heterocycles. The summed E-state index contributed by atoms with van der Waals surface area (Å²) in [6.45, 7) is 2.75. The van der Waals surface area contributed by atoms with E-state index in [-0.39, 0.29) is 0 Å². The molecule has 3 aromatic rings.